The van der Waals surface area contributed by atoms with Crippen LogP contribution in [0.5, 0.6) is 0 Å². The monoisotopic (exact) mass is 198 g/mol. The van der Waals surface area contributed by atoms with E-state index in [-0.39, 0.29) is 16.5 Å². The number of carbonyl (C=O) groups is 1. The standard InChI is InChI=1S/C9H10ClNO2/c1-5(2)8-7(9(12)13)6(10)3-4-11-8/h3-5H,1-2H3,(H,12,13)/p-1. The summed E-state index contributed by atoms with van der Waals surface area (Å²) in [7, 11) is 0. The molecular weight excluding hydrogens is 190 g/mol. The van der Waals surface area contributed by atoms with Gasteiger partial charge in [-0.25, -0.2) is 0 Å². The zero-order valence-corrected chi connectivity index (χ0v) is 8.13. The number of hydrogen-bond donors (Lipinski definition) is 0. The lowest BCUT2D eigenvalue weighted by Gasteiger charge is -2.13. The van der Waals surface area contributed by atoms with Crippen molar-refractivity contribution in [2.75, 3.05) is 0 Å². The third-order valence-corrected chi connectivity index (χ3v) is 2.00. The summed E-state index contributed by atoms with van der Waals surface area (Å²) in [6.45, 7) is 3.70. The van der Waals surface area contributed by atoms with Crippen molar-refractivity contribution in [1.29, 1.82) is 0 Å². The van der Waals surface area contributed by atoms with E-state index >= 15 is 0 Å². The molecule has 1 heterocycles. The lowest BCUT2D eigenvalue weighted by atomic mass is 10.0. The lowest BCUT2D eigenvalue weighted by Crippen LogP contribution is -2.25. The Labute approximate surface area is 81.4 Å². The van der Waals surface area contributed by atoms with Crippen LogP contribution in [0, 0.1) is 0 Å². The number of rotatable bonds is 2. The van der Waals surface area contributed by atoms with Gasteiger partial charge in [0.2, 0.25) is 0 Å². The lowest BCUT2D eigenvalue weighted by molar-refractivity contribution is -0.255. The van der Waals surface area contributed by atoms with E-state index in [0.29, 0.717) is 5.69 Å². The number of nitrogens with zero attached hydrogens (tertiary/aromatic N) is 1. The molecule has 4 heteroatoms. The molecule has 0 saturated carbocycles. The van der Waals surface area contributed by atoms with Crippen LogP contribution in [0.4, 0.5) is 0 Å². The number of aromatic nitrogens is 1. The Bertz CT molecular complexity index is 336. The van der Waals surface area contributed by atoms with E-state index in [0.717, 1.165) is 0 Å². The van der Waals surface area contributed by atoms with E-state index in [1.807, 2.05) is 13.8 Å². The van der Waals surface area contributed by atoms with Crippen LogP contribution < -0.4 is 5.11 Å². The van der Waals surface area contributed by atoms with Crippen molar-refractivity contribution < 1.29 is 9.90 Å². The summed E-state index contributed by atoms with van der Waals surface area (Å²) < 4.78 is 0. The van der Waals surface area contributed by atoms with Crippen molar-refractivity contribution >= 4 is 17.6 Å². The van der Waals surface area contributed by atoms with Gasteiger partial charge in [-0.15, -0.1) is 0 Å². The molecule has 3 nitrogen and oxygen atoms in total. The van der Waals surface area contributed by atoms with Crippen molar-refractivity contribution in [3.05, 3.63) is 28.5 Å². The Morgan fingerprint density at radius 3 is 2.62 bits per heavy atom. The first-order chi connectivity index (χ1) is 6.04. The van der Waals surface area contributed by atoms with Gasteiger partial charge >= 0.3 is 0 Å². The second-order valence-corrected chi connectivity index (χ2v) is 3.40. The van der Waals surface area contributed by atoms with Gasteiger partial charge in [-0.1, -0.05) is 25.4 Å². The molecule has 0 aliphatic rings. The van der Waals surface area contributed by atoms with Crippen LogP contribution in [0.3, 0.4) is 0 Å². The van der Waals surface area contributed by atoms with Crippen molar-refractivity contribution in [2.24, 2.45) is 0 Å². The number of hydrogen-bond acceptors (Lipinski definition) is 3. The summed E-state index contributed by atoms with van der Waals surface area (Å²) in [6.07, 6.45) is 1.49. The highest BCUT2D eigenvalue weighted by Crippen LogP contribution is 2.22. The maximum absolute atomic E-state index is 10.7. The number of halogens is 1. The smallest absolute Gasteiger partial charge is 0.0748 e. The maximum Gasteiger partial charge on any atom is 0.0748 e. The number of pyridine rings is 1. The van der Waals surface area contributed by atoms with E-state index in [1.54, 1.807) is 0 Å². The molecule has 0 amide bonds. The molecule has 0 unspecified atom stereocenters. The topological polar surface area (TPSA) is 53.0 Å². The summed E-state index contributed by atoms with van der Waals surface area (Å²) in [5.74, 6) is -1.26. The van der Waals surface area contributed by atoms with Crippen LogP contribution in [0.2, 0.25) is 5.02 Å². The molecule has 0 aliphatic heterocycles. The molecule has 70 valence electrons. The third kappa shape index (κ3) is 1.98. The Morgan fingerprint density at radius 2 is 2.23 bits per heavy atom. The fourth-order valence-corrected chi connectivity index (χ4v) is 1.32. The average molecular weight is 199 g/mol. The summed E-state index contributed by atoms with van der Waals surface area (Å²) in [6, 6.07) is 1.44. The number of aromatic carboxylic acids is 1. The molecule has 0 fully saturated rings. The minimum atomic E-state index is -1.28. The Balaban J connectivity index is 3.34. The van der Waals surface area contributed by atoms with Crippen LogP contribution in [0.25, 0.3) is 0 Å². The van der Waals surface area contributed by atoms with Gasteiger partial charge in [0, 0.05) is 11.8 Å². The van der Waals surface area contributed by atoms with E-state index in [9.17, 15) is 9.90 Å². The van der Waals surface area contributed by atoms with Gasteiger partial charge in [-0.2, -0.15) is 0 Å². The van der Waals surface area contributed by atoms with Crippen LogP contribution in [-0.2, 0) is 0 Å². The zero-order valence-electron chi connectivity index (χ0n) is 7.37. The first kappa shape index (κ1) is 9.99. The summed E-state index contributed by atoms with van der Waals surface area (Å²) in [5.41, 5.74) is 0.465. The van der Waals surface area contributed by atoms with Crippen LogP contribution in [0.15, 0.2) is 12.3 Å². The molecule has 0 N–H and O–H groups in total. The van der Waals surface area contributed by atoms with Gasteiger partial charge in [-0.05, 0) is 12.0 Å². The van der Waals surface area contributed by atoms with Crippen molar-refractivity contribution in [1.82, 2.24) is 4.98 Å². The molecule has 1 rings (SSSR count). The number of carboxylic acid groups (broad SMARTS) is 1. The molecule has 13 heavy (non-hydrogen) atoms. The Morgan fingerprint density at radius 1 is 1.62 bits per heavy atom. The maximum atomic E-state index is 10.7. The Hall–Kier alpha value is -1.09. The molecule has 0 bridgehead atoms. The molecule has 0 radical (unpaired) electrons. The quantitative estimate of drug-likeness (QED) is 0.718. The molecule has 0 aromatic carbocycles. The number of carbonyl (C=O) groups excluding carboxylic acids is 1. The van der Waals surface area contributed by atoms with E-state index in [2.05, 4.69) is 4.98 Å². The minimum absolute atomic E-state index is 0.000772. The van der Waals surface area contributed by atoms with Crippen molar-refractivity contribution in [2.45, 2.75) is 19.8 Å². The number of carboxylic acids is 1. The minimum Gasteiger partial charge on any atom is -0.545 e. The highest BCUT2D eigenvalue weighted by molar-refractivity contribution is 6.33. The molecule has 0 atom stereocenters. The summed E-state index contributed by atoms with van der Waals surface area (Å²) >= 11 is 5.71. The molecular formula is C9H9ClNO2-. The van der Waals surface area contributed by atoms with Gasteiger partial charge in [-0.3, -0.25) is 4.98 Å². The predicted octanol–water partition coefficient (Wildman–Crippen LogP) is 1.22. The van der Waals surface area contributed by atoms with Crippen LogP contribution in [-0.4, -0.2) is 11.0 Å². The largest absolute Gasteiger partial charge is 0.545 e. The Kier molecular flexibility index (Phi) is 2.88. The fraction of sp³-hybridized carbons (Fsp3) is 0.333. The van der Waals surface area contributed by atoms with Gasteiger partial charge in [0.05, 0.1) is 16.7 Å². The predicted molar refractivity (Wildman–Crippen MR) is 47.7 cm³/mol. The second-order valence-electron chi connectivity index (χ2n) is 3.00. The van der Waals surface area contributed by atoms with Gasteiger partial charge in [0.15, 0.2) is 0 Å². The fourth-order valence-electron chi connectivity index (χ4n) is 1.09. The van der Waals surface area contributed by atoms with Crippen molar-refractivity contribution in [3.8, 4) is 0 Å². The second kappa shape index (κ2) is 3.75. The first-order valence-electron chi connectivity index (χ1n) is 3.89. The van der Waals surface area contributed by atoms with Crippen LogP contribution >= 0.6 is 11.6 Å². The highest BCUT2D eigenvalue weighted by Gasteiger charge is 2.11. The van der Waals surface area contributed by atoms with Crippen LogP contribution in [0.1, 0.15) is 35.8 Å². The third-order valence-electron chi connectivity index (χ3n) is 1.68. The molecule has 1 aromatic rings. The zero-order chi connectivity index (χ0) is 10.0. The van der Waals surface area contributed by atoms with Gasteiger partial charge < -0.3 is 9.90 Å². The molecule has 0 aliphatic carbocycles. The molecule has 0 spiro atoms. The van der Waals surface area contributed by atoms with Gasteiger partial charge in [0.1, 0.15) is 0 Å². The van der Waals surface area contributed by atoms with E-state index in [1.165, 1.54) is 12.3 Å². The summed E-state index contributed by atoms with van der Waals surface area (Å²) in [5, 5.41) is 10.9. The molecule has 0 saturated heterocycles. The highest BCUT2D eigenvalue weighted by atomic mass is 35.5. The normalized spacial score (nSPS) is 10.5. The van der Waals surface area contributed by atoms with Crippen molar-refractivity contribution in [3.63, 3.8) is 0 Å². The average Bonchev–Trinajstić information content (AvgIpc) is 2.02. The van der Waals surface area contributed by atoms with E-state index in [4.69, 9.17) is 11.6 Å². The molecule has 1 aromatic heterocycles. The SMILES string of the molecule is CC(C)c1nccc(Cl)c1C(=O)[O-]. The summed E-state index contributed by atoms with van der Waals surface area (Å²) in [4.78, 5) is 14.7. The first-order valence-corrected chi connectivity index (χ1v) is 4.27. The van der Waals surface area contributed by atoms with E-state index < -0.39 is 5.97 Å². The van der Waals surface area contributed by atoms with Gasteiger partial charge in [0.25, 0.3) is 0 Å².